The van der Waals surface area contributed by atoms with Crippen LogP contribution >= 0.6 is 0 Å². The lowest BCUT2D eigenvalue weighted by Crippen LogP contribution is -2.18. The van der Waals surface area contributed by atoms with E-state index in [0.29, 0.717) is 12.3 Å². The highest BCUT2D eigenvalue weighted by atomic mass is 16.4. The summed E-state index contributed by atoms with van der Waals surface area (Å²) in [6.45, 7) is 2.62. The number of hydrogen-bond donors (Lipinski definition) is 2. The Labute approximate surface area is 100 Å². The van der Waals surface area contributed by atoms with Crippen molar-refractivity contribution in [3.05, 3.63) is 53.7 Å². The molecule has 0 bridgehead atoms. The third-order valence-corrected chi connectivity index (χ3v) is 2.59. The summed E-state index contributed by atoms with van der Waals surface area (Å²) < 4.78 is 5.39. The van der Waals surface area contributed by atoms with Gasteiger partial charge in [0.05, 0.1) is 12.2 Å². The summed E-state index contributed by atoms with van der Waals surface area (Å²) in [5.74, 6) is 1.41. The molecule has 1 unspecified atom stereocenters. The standard InChI is InChI=1S/C13H16N2O2/c1-10(13-4-2-3-7-14-13)15-8-11-5-6-12(9-16)17-11/h2-7,10,15-16H,8-9H2,1H3. The number of aromatic nitrogens is 1. The first kappa shape index (κ1) is 11.8. The van der Waals surface area contributed by atoms with Gasteiger partial charge in [0.15, 0.2) is 0 Å². The maximum Gasteiger partial charge on any atom is 0.129 e. The Morgan fingerprint density at radius 3 is 2.76 bits per heavy atom. The number of aliphatic hydroxyl groups is 1. The zero-order valence-corrected chi connectivity index (χ0v) is 9.76. The molecule has 0 aliphatic carbocycles. The Bertz CT molecular complexity index is 453. The second kappa shape index (κ2) is 5.61. The molecular formula is C13H16N2O2. The summed E-state index contributed by atoms with van der Waals surface area (Å²) in [6, 6.07) is 9.66. The molecule has 0 amide bonds. The van der Waals surface area contributed by atoms with Crippen LogP contribution in [0.15, 0.2) is 40.9 Å². The number of hydrogen-bond acceptors (Lipinski definition) is 4. The van der Waals surface area contributed by atoms with Crippen LogP contribution in [0.3, 0.4) is 0 Å². The normalized spacial score (nSPS) is 12.6. The van der Waals surface area contributed by atoms with Gasteiger partial charge < -0.3 is 14.8 Å². The molecule has 0 saturated carbocycles. The second-order valence-electron chi connectivity index (χ2n) is 3.88. The van der Waals surface area contributed by atoms with Crippen LogP contribution in [-0.4, -0.2) is 10.1 Å². The zero-order chi connectivity index (χ0) is 12.1. The zero-order valence-electron chi connectivity index (χ0n) is 9.76. The van der Waals surface area contributed by atoms with E-state index in [-0.39, 0.29) is 12.6 Å². The highest BCUT2D eigenvalue weighted by Crippen LogP contribution is 2.11. The van der Waals surface area contributed by atoms with Gasteiger partial charge >= 0.3 is 0 Å². The number of furan rings is 1. The minimum absolute atomic E-state index is 0.0597. The first-order valence-electron chi connectivity index (χ1n) is 5.62. The highest BCUT2D eigenvalue weighted by molar-refractivity contribution is 5.09. The van der Waals surface area contributed by atoms with Gasteiger partial charge in [-0.2, -0.15) is 0 Å². The molecule has 1 atom stereocenters. The molecule has 0 radical (unpaired) electrons. The number of aliphatic hydroxyl groups excluding tert-OH is 1. The molecule has 2 aromatic heterocycles. The van der Waals surface area contributed by atoms with E-state index in [1.54, 1.807) is 12.3 Å². The summed E-state index contributed by atoms with van der Waals surface area (Å²) in [5, 5.41) is 12.2. The van der Waals surface area contributed by atoms with Crippen molar-refractivity contribution in [1.82, 2.24) is 10.3 Å². The van der Waals surface area contributed by atoms with Gasteiger partial charge in [0.25, 0.3) is 0 Å². The minimum Gasteiger partial charge on any atom is -0.462 e. The van der Waals surface area contributed by atoms with Crippen molar-refractivity contribution < 1.29 is 9.52 Å². The van der Waals surface area contributed by atoms with Crippen LogP contribution < -0.4 is 5.32 Å². The Kier molecular flexibility index (Phi) is 3.90. The van der Waals surface area contributed by atoms with Crippen LogP contribution in [0.4, 0.5) is 0 Å². The Hall–Kier alpha value is -1.65. The fourth-order valence-corrected chi connectivity index (χ4v) is 1.59. The maximum atomic E-state index is 8.88. The molecule has 0 aliphatic rings. The average molecular weight is 232 g/mol. The third-order valence-electron chi connectivity index (χ3n) is 2.59. The van der Waals surface area contributed by atoms with Crippen molar-refractivity contribution in [1.29, 1.82) is 0 Å². The average Bonchev–Trinajstić information content (AvgIpc) is 2.85. The lowest BCUT2D eigenvalue weighted by molar-refractivity contribution is 0.242. The lowest BCUT2D eigenvalue weighted by atomic mass is 10.2. The van der Waals surface area contributed by atoms with Crippen LogP contribution in [0.25, 0.3) is 0 Å². The largest absolute Gasteiger partial charge is 0.462 e. The molecule has 2 N–H and O–H groups in total. The quantitative estimate of drug-likeness (QED) is 0.828. The fourth-order valence-electron chi connectivity index (χ4n) is 1.59. The van der Waals surface area contributed by atoms with E-state index in [9.17, 15) is 0 Å². The molecule has 90 valence electrons. The first-order chi connectivity index (χ1) is 8.29. The number of pyridine rings is 1. The lowest BCUT2D eigenvalue weighted by Gasteiger charge is -2.11. The smallest absolute Gasteiger partial charge is 0.129 e. The predicted molar refractivity (Wildman–Crippen MR) is 64.1 cm³/mol. The van der Waals surface area contributed by atoms with E-state index in [4.69, 9.17) is 9.52 Å². The first-order valence-corrected chi connectivity index (χ1v) is 5.62. The molecule has 4 nitrogen and oxygen atoms in total. The highest BCUT2D eigenvalue weighted by Gasteiger charge is 2.07. The topological polar surface area (TPSA) is 58.3 Å². The van der Waals surface area contributed by atoms with Gasteiger partial charge in [-0.3, -0.25) is 4.98 Å². The van der Waals surface area contributed by atoms with E-state index >= 15 is 0 Å². The van der Waals surface area contributed by atoms with Crippen LogP contribution in [0.1, 0.15) is 30.2 Å². The van der Waals surface area contributed by atoms with Crippen molar-refractivity contribution in [2.24, 2.45) is 0 Å². The van der Waals surface area contributed by atoms with Gasteiger partial charge in [0.2, 0.25) is 0 Å². The van der Waals surface area contributed by atoms with E-state index in [1.165, 1.54) is 0 Å². The fraction of sp³-hybridized carbons (Fsp3) is 0.308. The molecular weight excluding hydrogens is 216 g/mol. The summed E-state index contributed by atoms with van der Waals surface area (Å²) in [4.78, 5) is 4.28. The van der Waals surface area contributed by atoms with Crippen molar-refractivity contribution >= 4 is 0 Å². The summed E-state index contributed by atoms with van der Waals surface area (Å²) in [5.41, 5.74) is 1.00. The molecule has 2 aromatic rings. The van der Waals surface area contributed by atoms with E-state index in [2.05, 4.69) is 17.2 Å². The molecule has 2 rings (SSSR count). The second-order valence-corrected chi connectivity index (χ2v) is 3.88. The van der Waals surface area contributed by atoms with Gasteiger partial charge in [0.1, 0.15) is 18.1 Å². The number of nitrogens with zero attached hydrogens (tertiary/aromatic N) is 1. The van der Waals surface area contributed by atoms with Crippen LogP contribution in [0, 0.1) is 0 Å². The summed E-state index contributed by atoms with van der Waals surface area (Å²) in [6.07, 6.45) is 1.78. The van der Waals surface area contributed by atoms with E-state index < -0.39 is 0 Å². The molecule has 0 saturated heterocycles. The van der Waals surface area contributed by atoms with Crippen molar-refractivity contribution in [2.45, 2.75) is 26.1 Å². The Balaban J connectivity index is 1.90. The van der Waals surface area contributed by atoms with E-state index in [0.717, 1.165) is 11.5 Å². The van der Waals surface area contributed by atoms with Crippen LogP contribution in [0.5, 0.6) is 0 Å². The molecule has 0 aliphatic heterocycles. The number of nitrogens with one attached hydrogen (secondary N) is 1. The van der Waals surface area contributed by atoms with Gasteiger partial charge in [-0.25, -0.2) is 0 Å². The molecule has 0 fully saturated rings. The minimum atomic E-state index is -0.0597. The van der Waals surface area contributed by atoms with Crippen LogP contribution in [-0.2, 0) is 13.2 Å². The molecule has 0 aromatic carbocycles. The SMILES string of the molecule is CC(NCc1ccc(CO)o1)c1ccccn1. The molecule has 17 heavy (non-hydrogen) atoms. The Morgan fingerprint density at radius 1 is 1.29 bits per heavy atom. The van der Waals surface area contributed by atoms with E-state index in [1.807, 2.05) is 24.3 Å². The summed E-state index contributed by atoms with van der Waals surface area (Å²) in [7, 11) is 0. The van der Waals surface area contributed by atoms with Gasteiger partial charge in [-0.05, 0) is 31.2 Å². The van der Waals surface area contributed by atoms with Gasteiger partial charge in [0, 0.05) is 12.2 Å². The van der Waals surface area contributed by atoms with Crippen molar-refractivity contribution in [3.63, 3.8) is 0 Å². The molecule has 4 heteroatoms. The Morgan fingerprint density at radius 2 is 2.12 bits per heavy atom. The maximum absolute atomic E-state index is 8.88. The van der Waals surface area contributed by atoms with Gasteiger partial charge in [-0.1, -0.05) is 6.07 Å². The van der Waals surface area contributed by atoms with Crippen LogP contribution in [0.2, 0.25) is 0 Å². The van der Waals surface area contributed by atoms with Crippen molar-refractivity contribution in [3.8, 4) is 0 Å². The third kappa shape index (κ3) is 3.15. The molecule has 2 heterocycles. The summed E-state index contributed by atoms with van der Waals surface area (Å²) >= 11 is 0. The monoisotopic (exact) mass is 232 g/mol. The van der Waals surface area contributed by atoms with Crippen molar-refractivity contribution in [2.75, 3.05) is 0 Å². The predicted octanol–water partition coefficient (Wildman–Crippen LogP) is 2.02. The molecule has 0 spiro atoms. The number of rotatable bonds is 5. The van der Waals surface area contributed by atoms with Gasteiger partial charge in [-0.15, -0.1) is 0 Å².